The second-order valence-corrected chi connectivity index (χ2v) is 16.1. The van der Waals surface area contributed by atoms with Crippen LogP contribution in [-0.4, -0.2) is 71.2 Å². The standard InChI is InChI=1S/C31H51N2O6PS/c1-7-38-40(37,39-8-2)20-19-32-24-13-15-25(16-14-24)33(29(34)23-11-9-22(3)10-12-23)27-21-26(17-18-31(4,5)6)41-28(27)30(35)36/h21-25,27-28,32H,7-16,19-20H2,1-6H3,(H,35,36). The molecule has 1 amide bonds. The van der Waals surface area contributed by atoms with Crippen molar-refractivity contribution in [3.8, 4) is 11.8 Å². The second-order valence-electron chi connectivity index (χ2n) is 12.7. The van der Waals surface area contributed by atoms with Gasteiger partial charge in [-0.2, -0.15) is 0 Å². The summed E-state index contributed by atoms with van der Waals surface area (Å²) in [5.74, 6) is 6.22. The highest BCUT2D eigenvalue weighted by molar-refractivity contribution is 8.05. The minimum absolute atomic E-state index is 0.0172. The zero-order valence-electron chi connectivity index (χ0n) is 25.8. The first-order chi connectivity index (χ1) is 19.4. The maximum atomic E-state index is 14.2. The fourth-order valence-electron chi connectivity index (χ4n) is 6.04. The van der Waals surface area contributed by atoms with E-state index in [-0.39, 0.29) is 29.3 Å². The lowest BCUT2D eigenvalue weighted by molar-refractivity contribution is -0.144. The monoisotopic (exact) mass is 610 g/mol. The number of thioether (sulfide) groups is 1. The Morgan fingerprint density at radius 3 is 2.22 bits per heavy atom. The van der Waals surface area contributed by atoms with Crippen LogP contribution in [0.15, 0.2) is 11.0 Å². The Kier molecular flexibility index (Phi) is 12.9. The molecule has 3 aliphatic rings. The number of carboxylic acid groups (broad SMARTS) is 1. The van der Waals surface area contributed by atoms with Crippen molar-refractivity contribution < 1.29 is 28.3 Å². The lowest BCUT2D eigenvalue weighted by atomic mass is 9.81. The lowest BCUT2D eigenvalue weighted by Crippen LogP contribution is -2.55. The van der Waals surface area contributed by atoms with Crippen LogP contribution < -0.4 is 5.32 Å². The molecule has 1 aliphatic heterocycles. The van der Waals surface area contributed by atoms with Gasteiger partial charge in [-0.1, -0.05) is 30.5 Å². The van der Waals surface area contributed by atoms with E-state index in [1.807, 2.05) is 45.6 Å². The third kappa shape index (κ3) is 10.1. The Labute approximate surface area is 251 Å². The number of hydrogen-bond acceptors (Lipinski definition) is 7. The quantitative estimate of drug-likeness (QED) is 0.196. The molecule has 2 fully saturated rings. The van der Waals surface area contributed by atoms with E-state index in [0.717, 1.165) is 56.3 Å². The zero-order chi connectivity index (χ0) is 30.2. The van der Waals surface area contributed by atoms with Crippen molar-refractivity contribution >= 4 is 31.2 Å². The largest absolute Gasteiger partial charge is 0.480 e. The number of hydrogen-bond donors (Lipinski definition) is 2. The highest BCUT2D eigenvalue weighted by Gasteiger charge is 2.45. The smallest absolute Gasteiger partial charge is 0.331 e. The fraction of sp³-hybridized carbons (Fsp3) is 0.806. The molecule has 0 radical (unpaired) electrons. The van der Waals surface area contributed by atoms with Gasteiger partial charge in [0.25, 0.3) is 0 Å². The third-order valence-electron chi connectivity index (χ3n) is 8.19. The van der Waals surface area contributed by atoms with Crippen molar-refractivity contribution in [2.24, 2.45) is 17.3 Å². The molecule has 2 atom stereocenters. The van der Waals surface area contributed by atoms with E-state index in [1.165, 1.54) is 11.8 Å². The molecular weight excluding hydrogens is 559 g/mol. The Bertz CT molecular complexity index is 1020. The van der Waals surface area contributed by atoms with Crippen LogP contribution in [0.3, 0.4) is 0 Å². The van der Waals surface area contributed by atoms with Crippen molar-refractivity contribution in [3.05, 3.63) is 11.0 Å². The van der Waals surface area contributed by atoms with Gasteiger partial charge in [-0.3, -0.25) is 14.2 Å². The topological polar surface area (TPSA) is 105 Å². The van der Waals surface area contributed by atoms with Crippen LogP contribution in [0.2, 0.25) is 0 Å². The van der Waals surface area contributed by atoms with Gasteiger partial charge in [0.05, 0.1) is 30.3 Å². The van der Waals surface area contributed by atoms with E-state index >= 15 is 0 Å². The summed E-state index contributed by atoms with van der Waals surface area (Å²) < 4.78 is 23.6. The normalized spacial score (nSPS) is 28.9. The molecule has 2 saturated carbocycles. The molecule has 0 aromatic heterocycles. The molecule has 0 aromatic carbocycles. The summed E-state index contributed by atoms with van der Waals surface area (Å²) in [5.41, 5.74) is -0.197. The number of amides is 1. The summed E-state index contributed by atoms with van der Waals surface area (Å²) in [6, 6.07) is -0.282. The summed E-state index contributed by atoms with van der Waals surface area (Å²) in [5, 5.41) is 13.0. The van der Waals surface area contributed by atoms with Crippen LogP contribution >= 0.6 is 19.4 Å². The summed E-state index contributed by atoms with van der Waals surface area (Å²) in [7, 11) is -3.09. The number of nitrogens with zero attached hydrogens (tertiary/aromatic N) is 1. The third-order valence-corrected chi connectivity index (χ3v) is 11.5. The molecule has 2 aliphatic carbocycles. The van der Waals surface area contributed by atoms with Gasteiger partial charge in [0.1, 0.15) is 5.25 Å². The van der Waals surface area contributed by atoms with Crippen LogP contribution in [0.1, 0.15) is 92.9 Å². The van der Waals surface area contributed by atoms with E-state index in [0.29, 0.717) is 31.8 Å². The summed E-state index contributed by atoms with van der Waals surface area (Å²) >= 11 is 1.28. The van der Waals surface area contributed by atoms with E-state index in [4.69, 9.17) is 9.05 Å². The van der Waals surface area contributed by atoms with Crippen molar-refractivity contribution in [3.63, 3.8) is 0 Å². The van der Waals surface area contributed by atoms with Crippen molar-refractivity contribution in [2.75, 3.05) is 25.9 Å². The summed E-state index contributed by atoms with van der Waals surface area (Å²) in [4.78, 5) is 29.3. The molecule has 0 spiro atoms. The highest BCUT2D eigenvalue weighted by Crippen LogP contribution is 2.47. The van der Waals surface area contributed by atoms with Crippen molar-refractivity contribution in [1.29, 1.82) is 0 Å². The number of rotatable bonds is 12. The van der Waals surface area contributed by atoms with Gasteiger partial charge in [-0.15, -0.1) is 0 Å². The average molecular weight is 611 g/mol. The Morgan fingerprint density at radius 1 is 1.07 bits per heavy atom. The highest BCUT2D eigenvalue weighted by atomic mass is 32.2. The van der Waals surface area contributed by atoms with Crippen molar-refractivity contribution in [1.82, 2.24) is 10.2 Å². The van der Waals surface area contributed by atoms with Crippen LogP contribution in [0, 0.1) is 29.1 Å². The van der Waals surface area contributed by atoms with Crippen LogP contribution in [0.25, 0.3) is 0 Å². The summed E-state index contributed by atoms with van der Waals surface area (Å²) in [6.07, 6.45) is 9.38. The minimum atomic E-state index is -3.09. The molecule has 232 valence electrons. The molecule has 0 bridgehead atoms. The van der Waals surface area contributed by atoms with Gasteiger partial charge < -0.3 is 24.4 Å². The molecule has 41 heavy (non-hydrogen) atoms. The molecule has 2 unspecified atom stereocenters. The number of nitrogens with one attached hydrogen (secondary N) is 1. The van der Waals surface area contributed by atoms with Gasteiger partial charge in [0.2, 0.25) is 5.91 Å². The maximum absolute atomic E-state index is 14.2. The van der Waals surface area contributed by atoms with Gasteiger partial charge in [-0.05, 0) is 98.0 Å². The number of aliphatic carboxylic acids is 1. The van der Waals surface area contributed by atoms with Gasteiger partial charge in [0, 0.05) is 30.0 Å². The molecule has 2 N–H and O–H groups in total. The Balaban J connectivity index is 1.75. The minimum Gasteiger partial charge on any atom is -0.480 e. The van der Waals surface area contributed by atoms with Crippen LogP contribution in [0.5, 0.6) is 0 Å². The molecule has 0 aromatic rings. The SMILES string of the molecule is CCOP(=O)(CCNC1CCC(N(C(=O)C2CCC(C)CC2)C2C=C(C#CC(C)(C)C)SC2C(=O)O)CC1)OCC. The number of carboxylic acids is 1. The number of allylic oxidation sites excluding steroid dienone is 1. The van der Waals surface area contributed by atoms with E-state index in [9.17, 15) is 19.3 Å². The molecule has 10 heteroatoms. The Morgan fingerprint density at radius 2 is 1.68 bits per heavy atom. The molecule has 3 rings (SSSR count). The second kappa shape index (κ2) is 15.4. The predicted molar refractivity (Wildman–Crippen MR) is 166 cm³/mol. The summed E-state index contributed by atoms with van der Waals surface area (Å²) in [6.45, 7) is 13.2. The first kappa shape index (κ1) is 34.2. The molecule has 8 nitrogen and oxygen atoms in total. The van der Waals surface area contributed by atoms with Crippen LogP contribution in [-0.2, 0) is 23.2 Å². The zero-order valence-corrected chi connectivity index (χ0v) is 27.5. The first-order valence-electron chi connectivity index (χ1n) is 15.4. The van der Waals surface area contributed by atoms with Gasteiger partial charge in [0.15, 0.2) is 0 Å². The Hall–Kier alpha value is -1.30. The molecule has 1 heterocycles. The predicted octanol–water partition coefficient (Wildman–Crippen LogP) is 6.31. The van der Waals surface area contributed by atoms with Crippen LogP contribution in [0.4, 0.5) is 0 Å². The molecule has 0 saturated heterocycles. The maximum Gasteiger partial charge on any atom is 0.331 e. The van der Waals surface area contributed by atoms with Gasteiger partial charge >= 0.3 is 13.6 Å². The van der Waals surface area contributed by atoms with Crippen molar-refractivity contribution in [2.45, 2.75) is 116 Å². The number of carbonyl (C=O) groups excluding carboxylic acids is 1. The fourth-order valence-corrected chi connectivity index (χ4v) is 8.62. The van der Waals surface area contributed by atoms with E-state index in [1.54, 1.807) is 0 Å². The van der Waals surface area contributed by atoms with Gasteiger partial charge in [-0.25, -0.2) is 0 Å². The number of carbonyl (C=O) groups is 2. The molecular formula is C31H51N2O6PS. The average Bonchev–Trinajstić information content (AvgIpc) is 3.33. The van der Waals surface area contributed by atoms with E-state index < -0.39 is 24.9 Å². The first-order valence-corrected chi connectivity index (χ1v) is 18.0. The lowest BCUT2D eigenvalue weighted by Gasteiger charge is -2.43. The van der Waals surface area contributed by atoms with E-state index in [2.05, 4.69) is 24.1 Å².